The normalized spacial score (nSPS) is 10.5. The summed E-state index contributed by atoms with van der Waals surface area (Å²) in [5, 5.41) is 11.3. The highest BCUT2D eigenvalue weighted by molar-refractivity contribution is 7.88. The minimum absolute atomic E-state index is 0.120. The Hall–Kier alpha value is -1.88. The molecule has 0 spiro atoms. The highest BCUT2D eigenvalue weighted by Gasteiger charge is 2.09. The van der Waals surface area contributed by atoms with Crippen LogP contribution in [0.25, 0.3) is 0 Å². The van der Waals surface area contributed by atoms with Gasteiger partial charge in [0.15, 0.2) is 0 Å². The van der Waals surface area contributed by atoms with E-state index in [1.54, 1.807) is 24.3 Å². The first-order valence-corrected chi connectivity index (χ1v) is 7.75. The first-order valence-electron chi connectivity index (χ1n) is 5.85. The lowest BCUT2D eigenvalue weighted by Crippen LogP contribution is -2.34. The van der Waals surface area contributed by atoms with Gasteiger partial charge >= 0.3 is 0 Å². The monoisotopic (exact) mass is 296 g/mol. The van der Waals surface area contributed by atoms with Crippen LogP contribution in [-0.2, 0) is 10.0 Å². The van der Waals surface area contributed by atoms with Crippen molar-refractivity contribution in [3.63, 3.8) is 0 Å². The molecule has 0 saturated heterocycles. The zero-order valence-electron chi connectivity index (χ0n) is 11.0. The van der Waals surface area contributed by atoms with Crippen LogP contribution < -0.4 is 10.0 Å². The van der Waals surface area contributed by atoms with E-state index >= 15 is 0 Å². The summed E-state index contributed by atoms with van der Waals surface area (Å²) in [6.07, 6.45) is 1.05. The van der Waals surface area contributed by atoms with E-state index in [0.29, 0.717) is 11.1 Å². The minimum atomic E-state index is -3.26. The van der Waals surface area contributed by atoms with Gasteiger partial charge in [0, 0.05) is 18.7 Å². The Morgan fingerprint density at radius 2 is 2.00 bits per heavy atom. The molecule has 0 unspecified atom stereocenters. The molecule has 1 aromatic carbocycles. The molecule has 1 aromatic rings. The highest BCUT2D eigenvalue weighted by Crippen LogP contribution is 2.06. The van der Waals surface area contributed by atoms with Gasteiger partial charge in [0.1, 0.15) is 6.61 Å². The van der Waals surface area contributed by atoms with Crippen molar-refractivity contribution >= 4 is 15.9 Å². The van der Waals surface area contributed by atoms with E-state index in [2.05, 4.69) is 21.9 Å². The number of nitrogens with one attached hydrogen (secondary N) is 2. The number of carbonyl (C=O) groups is 1. The summed E-state index contributed by atoms with van der Waals surface area (Å²) < 4.78 is 24.0. The summed E-state index contributed by atoms with van der Waals surface area (Å²) in [6.45, 7) is 0.0109. The van der Waals surface area contributed by atoms with Crippen LogP contribution in [0.3, 0.4) is 0 Å². The van der Waals surface area contributed by atoms with E-state index in [1.165, 1.54) is 0 Å². The van der Waals surface area contributed by atoms with Crippen molar-refractivity contribution in [2.45, 2.75) is 0 Å². The van der Waals surface area contributed by atoms with E-state index in [-0.39, 0.29) is 25.6 Å². The Morgan fingerprint density at radius 1 is 1.30 bits per heavy atom. The van der Waals surface area contributed by atoms with Gasteiger partial charge in [-0.15, -0.1) is 0 Å². The second kappa shape index (κ2) is 7.65. The molecule has 0 radical (unpaired) electrons. The van der Waals surface area contributed by atoms with Gasteiger partial charge in [-0.05, 0) is 12.1 Å². The van der Waals surface area contributed by atoms with Gasteiger partial charge < -0.3 is 10.4 Å². The molecule has 1 amide bonds. The Kier molecular flexibility index (Phi) is 6.18. The van der Waals surface area contributed by atoms with Crippen molar-refractivity contribution in [1.82, 2.24) is 10.0 Å². The third-order valence-corrected chi connectivity index (χ3v) is 2.98. The Morgan fingerprint density at radius 3 is 2.65 bits per heavy atom. The molecule has 0 aromatic heterocycles. The molecule has 0 bridgehead atoms. The number of hydrogen-bond acceptors (Lipinski definition) is 4. The molecule has 0 fully saturated rings. The minimum Gasteiger partial charge on any atom is -0.384 e. The molecule has 0 saturated carbocycles. The van der Waals surface area contributed by atoms with Crippen molar-refractivity contribution in [3.8, 4) is 11.8 Å². The standard InChI is InChI=1S/C13H16N2O4S/c1-20(18,19)15-9-8-14-13(17)12-7-3-2-5-11(12)6-4-10-16/h2-3,5,7,15-16H,8-10H2,1H3,(H,14,17). The Balaban J connectivity index is 2.64. The van der Waals surface area contributed by atoms with E-state index in [9.17, 15) is 13.2 Å². The van der Waals surface area contributed by atoms with Crippen LogP contribution in [0, 0.1) is 11.8 Å². The summed E-state index contributed by atoms with van der Waals surface area (Å²) in [5.41, 5.74) is 0.892. The number of rotatable bonds is 5. The first-order chi connectivity index (χ1) is 9.44. The molecule has 0 heterocycles. The van der Waals surface area contributed by atoms with E-state index in [4.69, 9.17) is 5.11 Å². The molecule has 6 nitrogen and oxygen atoms in total. The fourth-order valence-corrected chi connectivity index (χ4v) is 1.91. The lowest BCUT2D eigenvalue weighted by molar-refractivity contribution is 0.0954. The summed E-state index contributed by atoms with van der Waals surface area (Å²) in [7, 11) is -3.26. The molecule has 3 N–H and O–H groups in total. The van der Waals surface area contributed by atoms with Crippen LogP contribution >= 0.6 is 0 Å². The highest BCUT2D eigenvalue weighted by atomic mass is 32.2. The largest absolute Gasteiger partial charge is 0.384 e. The number of sulfonamides is 1. The van der Waals surface area contributed by atoms with Gasteiger partial charge in [-0.3, -0.25) is 4.79 Å². The number of aliphatic hydroxyl groups excluding tert-OH is 1. The maximum absolute atomic E-state index is 11.9. The fourth-order valence-electron chi connectivity index (χ4n) is 1.43. The van der Waals surface area contributed by atoms with Crippen LogP contribution in [-0.4, -0.2) is 45.4 Å². The first kappa shape index (κ1) is 16.2. The summed E-state index contributed by atoms with van der Waals surface area (Å²) >= 11 is 0. The average Bonchev–Trinajstić information content (AvgIpc) is 2.40. The summed E-state index contributed by atoms with van der Waals surface area (Å²) in [4.78, 5) is 11.9. The SMILES string of the molecule is CS(=O)(=O)NCCNC(=O)c1ccccc1C#CCO. The van der Waals surface area contributed by atoms with Gasteiger partial charge in [0.2, 0.25) is 10.0 Å². The number of hydrogen-bond donors (Lipinski definition) is 3. The van der Waals surface area contributed by atoms with Crippen molar-refractivity contribution in [2.24, 2.45) is 0 Å². The molecule has 20 heavy (non-hydrogen) atoms. The number of aliphatic hydroxyl groups is 1. The van der Waals surface area contributed by atoms with E-state index in [1.807, 2.05) is 0 Å². The summed E-state index contributed by atoms with van der Waals surface area (Å²) in [6, 6.07) is 6.73. The third-order valence-electron chi connectivity index (χ3n) is 2.25. The van der Waals surface area contributed by atoms with Crippen LogP contribution in [0.5, 0.6) is 0 Å². The number of amides is 1. The lowest BCUT2D eigenvalue weighted by Gasteiger charge is -2.07. The topological polar surface area (TPSA) is 95.5 Å². The average molecular weight is 296 g/mol. The molecule has 0 aliphatic rings. The molecule has 0 atom stereocenters. The molecule has 0 aliphatic heterocycles. The predicted molar refractivity (Wildman–Crippen MR) is 75.6 cm³/mol. The maximum Gasteiger partial charge on any atom is 0.252 e. The number of carbonyl (C=O) groups excluding carboxylic acids is 1. The molecular weight excluding hydrogens is 280 g/mol. The summed E-state index contributed by atoms with van der Waals surface area (Å²) in [5.74, 6) is 4.82. The molecular formula is C13H16N2O4S. The maximum atomic E-state index is 11.9. The van der Waals surface area contributed by atoms with Gasteiger partial charge in [0.25, 0.3) is 5.91 Å². The zero-order chi connectivity index (χ0) is 15.0. The van der Waals surface area contributed by atoms with Crippen LogP contribution in [0.4, 0.5) is 0 Å². The van der Waals surface area contributed by atoms with Gasteiger partial charge in [-0.25, -0.2) is 13.1 Å². The van der Waals surface area contributed by atoms with Crippen LogP contribution in [0.2, 0.25) is 0 Å². The Bertz CT molecular complexity index is 629. The van der Waals surface area contributed by atoms with Crippen molar-refractivity contribution in [3.05, 3.63) is 35.4 Å². The zero-order valence-corrected chi connectivity index (χ0v) is 11.8. The second-order valence-electron chi connectivity index (χ2n) is 3.93. The smallest absolute Gasteiger partial charge is 0.252 e. The van der Waals surface area contributed by atoms with Crippen LogP contribution in [0.15, 0.2) is 24.3 Å². The van der Waals surface area contributed by atoms with Gasteiger partial charge in [-0.1, -0.05) is 24.0 Å². The van der Waals surface area contributed by atoms with E-state index < -0.39 is 10.0 Å². The third kappa shape index (κ3) is 5.84. The van der Waals surface area contributed by atoms with Crippen LogP contribution in [0.1, 0.15) is 15.9 Å². The lowest BCUT2D eigenvalue weighted by atomic mass is 10.1. The molecule has 108 valence electrons. The predicted octanol–water partition coefficient (Wildman–Crippen LogP) is -0.691. The molecule has 7 heteroatoms. The molecule has 0 aliphatic carbocycles. The quantitative estimate of drug-likeness (QED) is 0.495. The second-order valence-corrected chi connectivity index (χ2v) is 5.76. The van der Waals surface area contributed by atoms with Crippen molar-refractivity contribution in [2.75, 3.05) is 26.0 Å². The molecule has 1 rings (SSSR count). The van der Waals surface area contributed by atoms with Gasteiger partial charge in [0.05, 0.1) is 11.8 Å². The van der Waals surface area contributed by atoms with Crippen molar-refractivity contribution in [1.29, 1.82) is 0 Å². The fraction of sp³-hybridized carbons (Fsp3) is 0.308. The van der Waals surface area contributed by atoms with Gasteiger partial charge in [-0.2, -0.15) is 0 Å². The van der Waals surface area contributed by atoms with Crippen molar-refractivity contribution < 1.29 is 18.3 Å². The number of benzene rings is 1. The Labute approximate surface area is 118 Å². The van der Waals surface area contributed by atoms with E-state index in [0.717, 1.165) is 6.26 Å².